The van der Waals surface area contributed by atoms with Crippen LogP contribution in [0.1, 0.15) is 55.0 Å². The largest absolute Gasteiger partial charge is 0.394 e. The minimum atomic E-state index is -1.58. The van der Waals surface area contributed by atoms with E-state index in [1.165, 1.54) is 22.5 Å². The van der Waals surface area contributed by atoms with Crippen molar-refractivity contribution < 1.29 is 48.2 Å². The summed E-state index contributed by atoms with van der Waals surface area (Å²) in [6.07, 6.45) is 0.539. The Morgan fingerprint density at radius 3 is 2.70 bits per heavy atom. The third-order valence-corrected chi connectivity index (χ3v) is 8.84. The first-order chi connectivity index (χ1) is 22.2. The molecular formula is C29H32F2N7O7S+. The number of halogens is 2. The zero-order valence-electron chi connectivity index (χ0n) is 24.5. The molecule has 3 aromatic rings. The number of allylic oxidation sites excluding steroid dienone is 1. The average Bonchev–Trinajstić information content (AvgIpc) is 3.82. The monoisotopic (exact) mass is 660 g/mol. The summed E-state index contributed by atoms with van der Waals surface area (Å²) in [4.78, 5) is 21.4. The molecule has 5 unspecified atom stereocenters. The van der Waals surface area contributed by atoms with Crippen molar-refractivity contribution in [3.05, 3.63) is 65.0 Å². The molecule has 0 radical (unpaired) electrons. The first-order valence-corrected chi connectivity index (χ1v) is 15.6. The van der Waals surface area contributed by atoms with Gasteiger partial charge in [0, 0.05) is 41.7 Å². The molecule has 0 aromatic carbocycles. The molecule has 3 aromatic heterocycles. The van der Waals surface area contributed by atoms with Crippen LogP contribution in [0.5, 0.6) is 0 Å². The summed E-state index contributed by atoms with van der Waals surface area (Å²) in [5.74, 6) is -2.34. The highest BCUT2D eigenvalue weighted by Crippen LogP contribution is 2.31. The van der Waals surface area contributed by atoms with Crippen LogP contribution in [0, 0.1) is 11.8 Å². The summed E-state index contributed by atoms with van der Waals surface area (Å²) in [7, 11) is 0. The number of hydrogen-bond donors (Lipinski definition) is 5. The number of aromatic nitrogens is 4. The summed E-state index contributed by atoms with van der Waals surface area (Å²) in [6.45, 7) is 1.97. The predicted molar refractivity (Wildman–Crippen MR) is 158 cm³/mol. The SMILES string of the molecule is CCOC1CCC(=[N+]2C=C(NC(=O)c3csc(-c4cnn(C5OC(CO)C(O)C(O)C5O)c4)n3)C(c3nc(F)ccc3F)=N2)CC1. The average molecular weight is 661 g/mol. The highest BCUT2D eigenvalue weighted by atomic mass is 32.1. The maximum atomic E-state index is 14.8. The lowest BCUT2D eigenvalue weighted by molar-refractivity contribution is -0.461. The van der Waals surface area contributed by atoms with Crippen molar-refractivity contribution >= 4 is 28.7 Å². The third-order valence-electron chi connectivity index (χ3n) is 7.95. The van der Waals surface area contributed by atoms with Crippen molar-refractivity contribution in [1.82, 2.24) is 25.1 Å². The van der Waals surface area contributed by atoms with Gasteiger partial charge in [-0.3, -0.25) is 4.79 Å². The number of ether oxygens (including phenoxy) is 2. The minimum Gasteiger partial charge on any atom is -0.394 e. The molecule has 5 N–H and O–H groups in total. The van der Waals surface area contributed by atoms with E-state index in [0.717, 1.165) is 42.0 Å². The van der Waals surface area contributed by atoms with Gasteiger partial charge in [-0.25, -0.2) is 19.0 Å². The lowest BCUT2D eigenvalue weighted by atomic mass is 9.95. The summed E-state index contributed by atoms with van der Waals surface area (Å²) < 4.78 is 42.9. The molecule has 244 valence electrons. The first kappa shape index (κ1) is 32.1. The Morgan fingerprint density at radius 1 is 1.17 bits per heavy atom. The van der Waals surface area contributed by atoms with E-state index in [9.17, 15) is 34.0 Å². The standard InChI is InChI=1S/C29H31F2N7O7S/c1-2-44-16-5-3-15(4-6-16)37-11-18(23(36-37)22-17(30)7-8-21(31)35-22)33-27(43)19-13-46-28(34-19)14-9-32-38(10-14)29-26(42)25(41)24(40)20(12-39)45-29/h7-11,13,16,20,24-26,29,39-42H,2-6,12H2,1H3/p+1. The Balaban J connectivity index is 1.22. The van der Waals surface area contributed by atoms with Gasteiger partial charge in [0.2, 0.25) is 12.1 Å². The summed E-state index contributed by atoms with van der Waals surface area (Å²) in [6, 6.07) is 1.84. The minimum absolute atomic E-state index is 0.0249. The Morgan fingerprint density at radius 2 is 1.96 bits per heavy atom. The van der Waals surface area contributed by atoms with Crippen LogP contribution in [0.25, 0.3) is 10.6 Å². The molecule has 2 fully saturated rings. The van der Waals surface area contributed by atoms with Gasteiger partial charge in [0.25, 0.3) is 5.91 Å². The van der Waals surface area contributed by atoms with Crippen molar-refractivity contribution in [2.24, 2.45) is 5.10 Å². The fourth-order valence-electron chi connectivity index (χ4n) is 5.53. The molecule has 14 nitrogen and oxygen atoms in total. The lowest BCUT2D eigenvalue weighted by Gasteiger charge is -2.39. The molecule has 3 aliphatic rings. The Labute approximate surface area is 265 Å². The van der Waals surface area contributed by atoms with E-state index in [1.54, 1.807) is 10.9 Å². The smallest absolute Gasteiger partial charge is 0.275 e. The van der Waals surface area contributed by atoms with Crippen molar-refractivity contribution in [1.29, 1.82) is 0 Å². The van der Waals surface area contributed by atoms with Gasteiger partial charge in [-0.05, 0) is 31.9 Å². The topological polar surface area (TPSA) is 187 Å². The number of amides is 1. The number of pyridine rings is 1. The van der Waals surface area contributed by atoms with Gasteiger partial charge in [-0.1, -0.05) is 4.68 Å². The van der Waals surface area contributed by atoms with E-state index in [2.05, 4.69) is 25.5 Å². The molecule has 1 saturated heterocycles. The molecule has 1 saturated carbocycles. The van der Waals surface area contributed by atoms with E-state index in [-0.39, 0.29) is 28.9 Å². The Kier molecular flexibility index (Phi) is 9.42. The number of carbonyl (C=O) groups excluding carboxylic acids is 1. The highest BCUT2D eigenvalue weighted by Gasteiger charge is 2.44. The summed E-state index contributed by atoms with van der Waals surface area (Å²) in [5, 5.41) is 53.3. The van der Waals surface area contributed by atoms with E-state index < -0.39 is 54.9 Å². The van der Waals surface area contributed by atoms with Crippen LogP contribution in [-0.4, -0.2) is 106 Å². The second-order valence-electron chi connectivity index (χ2n) is 10.9. The van der Waals surface area contributed by atoms with Gasteiger partial charge in [0.1, 0.15) is 46.5 Å². The van der Waals surface area contributed by atoms with Gasteiger partial charge in [-0.15, -0.1) is 11.3 Å². The van der Waals surface area contributed by atoms with Gasteiger partial charge in [0.05, 0.1) is 18.9 Å². The molecule has 0 spiro atoms. The Hall–Kier alpha value is -3.84. The van der Waals surface area contributed by atoms with Gasteiger partial charge >= 0.3 is 0 Å². The molecule has 2 aliphatic heterocycles. The van der Waals surface area contributed by atoms with Crippen molar-refractivity contribution in [2.45, 2.75) is 69.4 Å². The highest BCUT2D eigenvalue weighted by molar-refractivity contribution is 7.13. The summed E-state index contributed by atoms with van der Waals surface area (Å²) in [5.41, 5.74) is 1.14. The second-order valence-corrected chi connectivity index (χ2v) is 11.8. The maximum Gasteiger partial charge on any atom is 0.275 e. The fourth-order valence-corrected chi connectivity index (χ4v) is 6.30. The van der Waals surface area contributed by atoms with Crippen LogP contribution in [0.2, 0.25) is 0 Å². The zero-order valence-corrected chi connectivity index (χ0v) is 25.3. The number of rotatable bonds is 8. The molecule has 1 aliphatic carbocycles. The molecule has 17 heteroatoms. The van der Waals surface area contributed by atoms with Gasteiger partial charge in [-0.2, -0.15) is 9.49 Å². The number of hydrazone groups is 1. The number of aliphatic hydroxyl groups excluding tert-OH is 4. The van der Waals surface area contributed by atoms with E-state index in [0.29, 0.717) is 30.0 Å². The molecular weight excluding hydrogens is 628 g/mol. The molecule has 46 heavy (non-hydrogen) atoms. The van der Waals surface area contributed by atoms with Crippen molar-refractivity contribution in [3.8, 4) is 10.6 Å². The number of aliphatic hydroxyl groups is 4. The van der Waals surface area contributed by atoms with E-state index in [4.69, 9.17) is 9.47 Å². The first-order valence-electron chi connectivity index (χ1n) is 14.7. The van der Waals surface area contributed by atoms with Gasteiger partial charge < -0.3 is 35.2 Å². The second kappa shape index (κ2) is 13.5. The number of nitrogens with zero attached hydrogens (tertiary/aromatic N) is 6. The van der Waals surface area contributed by atoms with Crippen LogP contribution in [0.4, 0.5) is 8.78 Å². The fraction of sp³-hybridized carbons (Fsp3) is 0.448. The number of thiazole rings is 1. The molecule has 5 heterocycles. The zero-order chi connectivity index (χ0) is 32.5. The van der Waals surface area contributed by atoms with Crippen LogP contribution < -0.4 is 5.32 Å². The number of nitrogens with one attached hydrogen (secondary N) is 1. The lowest BCUT2D eigenvalue weighted by Crippen LogP contribution is -2.56. The van der Waals surface area contributed by atoms with E-state index >= 15 is 0 Å². The molecule has 5 atom stereocenters. The molecule has 1 amide bonds. The van der Waals surface area contributed by atoms with Crippen LogP contribution >= 0.6 is 11.3 Å². The van der Waals surface area contributed by atoms with Crippen LogP contribution in [-0.2, 0) is 9.47 Å². The van der Waals surface area contributed by atoms with E-state index in [1.807, 2.05) is 6.92 Å². The quantitative estimate of drug-likeness (QED) is 0.173. The normalized spacial score (nSPS) is 26.7. The maximum absolute atomic E-state index is 14.8. The van der Waals surface area contributed by atoms with Crippen molar-refractivity contribution in [3.63, 3.8) is 0 Å². The molecule has 6 rings (SSSR count). The number of hydrogen-bond acceptors (Lipinski definition) is 12. The Bertz CT molecular complexity index is 1700. The molecule has 0 bridgehead atoms. The van der Waals surface area contributed by atoms with Gasteiger partial charge in [0.15, 0.2) is 23.5 Å². The number of carbonyl (C=O) groups is 1. The van der Waals surface area contributed by atoms with Crippen molar-refractivity contribution in [2.75, 3.05) is 13.2 Å². The predicted octanol–water partition coefficient (Wildman–Crippen LogP) is 1.07. The summed E-state index contributed by atoms with van der Waals surface area (Å²) >= 11 is 1.13. The van der Waals surface area contributed by atoms with Crippen LogP contribution in [0.3, 0.4) is 0 Å². The third kappa shape index (κ3) is 6.39. The van der Waals surface area contributed by atoms with Crippen LogP contribution in [0.15, 0.2) is 46.9 Å².